The molecule has 4 N–H and O–H groups in total. The van der Waals surface area contributed by atoms with Gasteiger partial charge in [0.25, 0.3) is 0 Å². The van der Waals surface area contributed by atoms with Crippen LogP contribution >= 0.6 is 24.4 Å². The van der Waals surface area contributed by atoms with Crippen molar-refractivity contribution in [1.82, 2.24) is 0 Å². The highest BCUT2D eigenvalue weighted by molar-refractivity contribution is 7.81. The Bertz CT molecular complexity index is 425. The Morgan fingerprint density at radius 1 is 1.19 bits per heavy atom. The molecule has 0 heterocycles. The molecule has 16 heavy (non-hydrogen) atoms. The van der Waals surface area contributed by atoms with E-state index in [9.17, 15) is 0 Å². The molecule has 0 aliphatic rings. The Hall–Kier alpha value is -1.00. The first-order valence-corrected chi connectivity index (χ1v) is 5.96. The summed E-state index contributed by atoms with van der Waals surface area (Å²) in [5.74, 6) is 0.537. The largest absolute Gasteiger partial charge is 0.389 e. The molecule has 0 unspecified atom stereocenters. The Labute approximate surface area is 107 Å². The van der Waals surface area contributed by atoms with Crippen molar-refractivity contribution in [3.05, 3.63) is 34.9 Å². The zero-order valence-electron chi connectivity index (χ0n) is 9.49. The van der Waals surface area contributed by atoms with Crippen LogP contribution in [-0.2, 0) is 6.42 Å². The first-order chi connectivity index (χ1) is 7.41. The maximum absolute atomic E-state index is 5.68. The van der Waals surface area contributed by atoms with Gasteiger partial charge in [0.2, 0.25) is 0 Å². The number of hydrogen-bond acceptors (Lipinski definition) is 2. The van der Waals surface area contributed by atoms with Gasteiger partial charge in [0, 0.05) is 11.1 Å². The second-order valence-electron chi connectivity index (χ2n) is 4.20. The fourth-order valence-corrected chi connectivity index (χ4v) is 1.92. The summed E-state index contributed by atoms with van der Waals surface area (Å²) >= 11 is 9.98. The molecule has 4 heteroatoms. The summed E-state index contributed by atoms with van der Waals surface area (Å²) in [5.41, 5.74) is 14.2. The topological polar surface area (TPSA) is 52.0 Å². The predicted octanol–water partition coefficient (Wildman–Crippen LogP) is 2.15. The van der Waals surface area contributed by atoms with Crippen molar-refractivity contribution >= 4 is 34.4 Å². The molecule has 0 saturated heterocycles. The van der Waals surface area contributed by atoms with E-state index in [4.69, 9.17) is 35.9 Å². The zero-order valence-corrected chi connectivity index (χ0v) is 11.1. The van der Waals surface area contributed by atoms with Gasteiger partial charge in [-0.25, -0.2) is 0 Å². The molecule has 0 radical (unpaired) electrons. The summed E-state index contributed by atoms with van der Waals surface area (Å²) in [6.07, 6.45) is 0.920. The van der Waals surface area contributed by atoms with E-state index in [1.54, 1.807) is 0 Å². The summed E-state index contributed by atoms with van der Waals surface area (Å²) in [7, 11) is 0. The van der Waals surface area contributed by atoms with Crippen molar-refractivity contribution in [2.45, 2.75) is 20.3 Å². The van der Waals surface area contributed by atoms with E-state index in [0.717, 1.165) is 23.1 Å². The first-order valence-electron chi connectivity index (χ1n) is 5.14. The van der Waals surface area contributed by atoms with Crippen LogP contribution in [0.15, 0.2) is 18.2 Å². The second-order valence-corrected chi connectivity index (χ2v) is 5.08. The lowest BCUT2D eigenvalue weighted by atomic mass is 9.96. The molecule has 2 nitrogen and oxygen atoms in total. The number of benzene rings is 1. The molecule has 1 aromatic carbocycles. The van der Waals surface area contributed by atoms with Gasteiger partial charge in [0.1, 0.15) is 9.98 Å². The summed E-state index contributed by atoms with van der Waals surface area (Å²) in [5, 5.41) is 0. The fraction of sp³-hybridized carbons (Fsp3) is 0.333. The second kappa shape index (κ2) is 5.37. The lowest BCUT2D eigenvalue weighted by molar-refractivity contribution is 0.646. The van der Waals surface area contributed by atoms with Crippen LogP contribution in [0.4, 0.5) is 0 Å². The SMILES string of the molecule is CC(C)Cc1cc(C(N)=S)ccc1C(N)=S. The molecule has 1 rings (SSSR count). The van der Waals surface area contributed by atoms with E-state index < -0.39 is 0 Å². The zero-order chi connectivity index (χ0) is 12.3. The first kappa shape index (κ1) is 13.1. The van der Waals surface area contributed by atoms with Crippen LogP contribution in [0.3, 0.4) is 0 Å². The molecule has 0 aromatic heterocycles. The van der Waals surface area contributed by atoms with Gasteiger partial charge in [-0.2, -0.15) is 0 Å². The fourth-order valence-electron chi connectivity index (χ4n) is 1.60. The van der Waals surface area contributed by atoms with Crippen LogP contribution in [0.5, 0.6) is 0 Å². The van der Waals surface area contributed by atoms with E-state index in [-0.39, 0.29) is 0 Å². The predicted molar refractivity (Wildman–Crippen MR) is 76.8 cm³/mol. The van der Waals surface area contributed by atoms with E-state index >= 15 is 0 Å². The smallest absolute Gasteiger partial charge is 0.104 e. The summed E-state index contributed by atoms with van der Waals surface area (Å²) < 4.78 is 0. The minimum absolute atomic E-state index is 0.402. The van der Waals surface area contributed by atoms with E-state index in [0.29, 0.717) is 15.9 Å². The molecule has 0 aliphatic heterocycles. The molecule has 0 amide bonds. The van der Waals surface area contributed by atoms with Gasteiger partial charge >= 0.3 is 0 Å². The van der Waals surface area contributed by atoms with Gasteiger partial charge in [-0.3, -0.25) is 0 Å². The number of thiocarbonyl (C=S) groups is 2. The maximum Gasteiger partial charge on any atom is 0.104 e. The van der Waals surface area contributed by atoms with Crippen molar-refractivity contribution < 1.29 is 0 Å². The molecule has 0 atom stereocenters. The highest BCUT2D eigenvalue weighted by atomic mass is 32.1. The molecule has 0 spiro atoms. The Balaban J connectivity index is 3.21. The van der Waals surface area contributed by atoms with Crippen LogP contribution in [0, 0.1) is 5.92 Å². The monoisotopic (exact) mass is 252 g/mol. The van der Waals surface area contributed by atoms with Crippen LogP contribution in [0.1, 0.15) is 30.5 Å². The average Bonchev–Trinajstić information content (AvgIpc) is 2.15. The van der Waals surface area contributed by atoms with E-state index in [1.165, 1.54) is 0 Å². The summed E-state index contributed by atoms with van der Waals surface area (Å²) in [6, 6.07) is 5.74. The number of nitrogens with two attached hydrogens (primary N) is 2. The lowest BCUT2D eigenvalue weighted by Crippen LogP contribution is -2.16. The summed E-state index contributed by atoms with van der Waals surface area (Å²) in [4.78, 5) is 0.824. The molecule has 86 valence electrons. The lowest BCUT2D eigenvalue weighted by Gasteiger charge is -2.12. The average molecular weight is 252 g/mol. The number of hydrogen-bond donors (Lipinski definition) is 2. The minimum Gasteiger partial charge on any atom is -0.389 e. The highest BCUT2D eigenvalue weighted by Gasteiger charge is 2.09. The Morgan fingerprint density at radius 3 is 2.25 bits per heavy atom. The van der Waals surface area contributed by atoms with Crippen LogP contribution in [-0.4, -0.2) is 9.98 Å². The minimum atomic E-state index is 0.402. The quantitative estimate of drug-likeness (QED) is 0.806. The molecule has 0 aliphatic carbocycles. The standard InChI is InChI=1S/C12H16N2S2/c1-7(2)5-9-6-8(11(13)15)3-4-10(9)12(14)16/h3-4,6-7H,5H2,1-2H3,(H2,13,15)(H2,14,16). The maximum atomic E-state index is 5.68. The van der Waals surface area contributed by atoms with Gasteiger partial charge in [0.05, 0.1) is 0 Å². The van der Waals surface area contributed by atoms with Crippen molar-refractivity contribution in [1.29, 1.82) is 0 Å². The van der Waals surface area contributed by atoms with Gasteiger partial charge in [-0.15, -0.1) is 0 Å². The summed E-state index contributed by atoms with van der Waals surface area (Å²) in [6.45, 7) is 4.30. The van der Waals surface area contributed by atoms with Crippen molar-refractivity contribution in [2.75, 3.05) is 0 Å². The van der Waals surface area contributed by atoms with Gasteiger partial charge in [-0.1, -0.05) is 50.4 Å². The van der Waals surface area contributed by atoms with E-state index in [1.807, 2.05) is 18.2 Å². The van der Waals surface area contributed by atoms with Crippen molar-refractivity contribution in [3.8, 4) is 0 Å². The number of rotatable bonds is 4. The van der Waals surface area contributed by atoms with Gasteiger partial charge in [-0.05, 0) is 24.0 Å². The van der Waals surface area contributed by atoms with Crippen LogP contribution in [0.25, 0.3) is 0 Å². The third-order valence-electron chi connectivity index (χ3n) is 2.28. The van der Waals surface area contributed by atoms with Crippen molar-refractivity contribution in [3.63, 3.8) is 0 Å². The van der Waals surface area contributed by atoms with Crippen molar-refractivity contribution in [2.24, 2.45) is 17.4 Å². The van der Waals surface area contributed by atoms with Gasteiger partial charge < -0.3 is 11.5 Å². The van der Waals surface area contributed by atoms with E-state index in [2.05, 4.69) is 13.8 Å². The molecular weight excluding hydrogens is 236 g/mol. The van der Waals surface area contributed by atoms with Crippen LogP contribution in [0.2, 0.25) is 0 Å². The highest BCUT2D eigenvalue weighted by Crippen LogP contribution is 2.16. The molecule has 0 saturated carbocycles. The normalized spacial score (nSPS) is 10.4. The molecule has 0 bridgehead atoms. The molecular formula is C12H16N2S2. The Morgan fingerprint density at radius 2 is 1.81 bits per heavy atom. The third kappa shape index (κ3) is 3.25. The Kier molecular flexibility index (Phi) is 4.38. The van der Waals surface area contributed by atoms with Gasteiger partial charge in [0.15, 0.2) is 0 Å². The third-order valence-corrected chi connectivity index (χ3v) is 2.74. The molecule has 1 aromatic rings. The molecule has 0 fully saturated rings. The van der Waals surface area contributed by atoms with Crippen LogP contribution < -0.4 is 11.5 Å².